The first-order valence-corrected chi connectivity index (χ1v) is 16.2. The van der Waals surface area contributed by atoms with Crippen LogP contribution in [0.4, 0.5) is 11.4 Å². The summed E-state index contributed by atoms with van der Waals surface area (Å²) in [4.78, 5) is 8.67. The predicted molar refractivity (Wildman–Crippen MR) is 184 cm³/mol. The molecule has 10 rings (SSSR count). The SMILES string of the molecule is [C-]#[N+]c1c(-c2ccccc2)cc(-c2ccccc2)c([N+]#[C-])c1C12CC3CC(C1)CC(n1c4ccccc4c4ccccc41)(C3)C2. The second kappa shape index (κ2) is 9.69. The van der Waals surface area contributed by atoms with Crippen molar-refractivity contribution in [1.82, 2.24) is 4.57 Å². The van der Waals surface area contributed by atoms with E-state index in [1.165, 1.54) is 41.1 Å². The fraction of sp³-hybridized carbons (Fsp3) is 0.238. The molecule has 4 aliphatic carbocycles. The Balaban J connectivity index is 1.34. The quantitative estimate of drug-likeness (QED) is 0.184. The molecule has 4 aliphatic rings. The van der Waals surface area contributed by atoms with Gasteiger partial charge in [-0.3, -0.25) is 0 Å². The molecule has 0 spiro atoms. The van der Waals surface area contributed by atoms with E-state index in [4.69, 9.17) is 13.1 Å². The molecular formula is C42H33N3. The minimum absolute atomic E-state index is 0.0545. The van der Waals surface area contributed by atoms with Crippen molar-refractivity contribution in [1.29, 1.82) is 0 Å². The van der Waals surface area contributed by atoms with Gasteiger partial charge in [0.1, 0.15) is 0 Å². The summed E-state index contributed by atoms with van der Waals surface area (Å²) >= 11 is 0. The monoisotopic (exact) mass is 579 g/mol. The summed E-state index contributed by atoms with van der Waals surface area (Å²) in [5, 5.41) is 2.64. The van der Waals surface area contributed by atoms with Gasteiger partial charge in [0.2, 0.25) is 0 Å². The molecule has 0 saturated heterocycles. The Morgan fingerprint density at radius 3 is 1.53 bits per heavy atom. The lowest BCUT2D eigenvalue weighted by Crippen LogP contribution is -2.58. The Kier molecular flexibility index (Phi) is 5.66. The van der Waals surface area contributed by atoms with Gasteiger partial charge >= 0.3 is 0 Å². The van der Waals surface area contributed by atoms with E-state index in [2.05, 4.69) is 117 Å². The van der Waals surface area contributed by atoms with Crippen LogP contribution in [0.3, 0.4) is 0 Å². The van der Waals surface area contributed by atoms with Crippen LogP contribution in [-0.2, 0) is 11.0 Å². The summed E-state index contributed by atoms with van der Waals surface area (Å²) in [6.45, 7) is 17.3. The minimum Gasteiger partial charge on any atom is -0.334 e. The summed E-state index contributed by atoms with van der Waals surface area (Å²) in [6, 6.07) is 40.7. The maximum absolute atomic E-state index is 8.65. The lowest BCUT2D eigenvalue weighted by atomic mass is 9.45. The molecule has 0 radical (unpaired) electrons. The number of benzene rings is 5. The van der Waals surface area contributed by atoms with Gasteiger partial charge in [-0.25, -0.2) is 9.69 Å². The molecule has 6 aromatic rings. The third-order valence-corrected chi connectivity index (χ3v) is 11.3. The van der Waals surface area contributed by atoms with Crippen LogP contribution in [0.15, 0.2) is 115 Å². The minimum atomic E-state index is -0.231. The normalized spacial score (nSPS) is 24.9. The van der Waals surface area contributed by atoms with Crippen molar-refractivity contribution in [3.8, 4) is 22.3 Å². The van der Waals surface area contributed by atoms with E-state index in [1.807, 2.05) is 12.1 Å². The second-order valence-electron chi connectivity index (χ2n) is 13.8. The number of rotatable bonds is 4. The van der Waals surface area contributed by atoms with Crippen LogP contribution in [0.5, 0.6) is 0 Å². The van der Waals surface area contributed by atoms with Gasteiger partial charge in [0.25, 0.3) is 0 Å². The Morgan fingerprint density at radius 1 is 0.578 bits per heavy atom. The summed E-state index contributed by atoms with van der Waals surface area (Å²) in [6.07, 6.45) is 6.66. The topological polar surface area (TPSA) is 13.7 Å². The van der Waals surface area contributed by atoms with Crippen LogP contribution >= 0.6 is 0 Å². The molecule has 4 saturated carbocycles. The van der Waals surface area contributed by atoms with Crippen LogP contribution in [0.1, 0.15) is 44.1 Å². The predicted octanol–water partition coefficient (Wildman–Crippen LogP) is 11.5. The molecule has 0 aliphatic heterocycles. The standard InChI is InChI=1S/C42H33N3/c1-43-39-34(30-13-5-3-6-14-30)22-35(31-15-7-4-8-16-31)40(44-2)38(39)41-23-28-21-29(24-41)26-42(25-28,27-41)45-36-19-11-9-17-32(36)33-18-10-12-20-37(33)45/h3-20,22,28-29H,21,23-27H2. The molecular weight excluding hydrogens is 546 g/mol. The maximum atomic E-state index is 8.65. The molecule has 2 atom stereocenters. The van der Waals surface area contributed by atoms with E-state index in [9.17, 15) is 0 Å². The number of para-hydroxylation sites is 2. The van der Waals surface area contributed by atoms with Crippen LogP contribution in [0.2, 0.25) is 0 Å². The summed E-state index contributed by atoms with van der Waals surface area (Å²) in [5.74, 6) is 1.15. The first-order valence-electron chi connectivity index (χ1n) is 16.2. The molecule has 3 heteroatoms. The Morgan fingerprint density at radius 2 is 1.04 bits per heavy atom. The van der Waals surface area contributed by atoms with Gasteiger partial charge in [-0.05, 0) is 95.7 Å². The molecule has 2 unspecified atom stereocenters. The highest BCUT2D eigenvalue weighted by Gasteiger charge is 2.60. The van der Waals surface area contributed by atoms with Gasteiger partial charge in [-0.2, -0.15) is 0 Å². The first kappa shape index (κ1) is 26.3. The van der Waals surface area contributed by atoms with Crippen LogP contribution < -0.4 is 0 Å². The molecule has 4 bridgehead atoms. The van der Waals surface area contributed by atoms with Crippen molar-refractivity contribution in [2.75, 3.05) is 0 Å². The van der Waals surface area contributed by atoms with E-state index < -0.39 is 0 Å². The smallest absolute Gasteiger partial charge is 0.188 e. The van der Waals surface area contributed by atoms with Crippen molar-refractivity contribution >= 4 is 33.2 Å². The van der Waals surface area contributed by atoms with Gasteiger partial charge in [0.15, 0.2) is 11.4 Å². The maximum Gasteiger partial charge on any atom is 0.188 e. The first-order chi connectivity index (χ1) is 22.1. The van der Waals surface area contributed by atoms with Crippen LogP contribution in [0, 0.1) is 25.0 Å². The lowest BCUT2D eigenvalue weighted by molar-refractivity contribution is -0.0581. The van der Waals surface area contributed by atoms with Crippen molar-refractivity contribution in [2.45, 2.75) is 49.5 Å². The average Bonchev–Trinajstić information content (AvgIpc) is 3.43. The van der Waals surface area contributed by atoms with Crippen LogP contribution in [-0.4, -0.2) is 4.57 Å². The summed E-state index contributed by atoms with van der Waals surface area (Å²) in [7, 11) is 0. The zero-order chi connectivity index (χ0) is 30.2. The van der Waals surface area contributed by atoms with Gasteiger partial charge in [0, 0.05) is 27.3 Å². The van der Waals surface area contributed by atoms with Crippen molar-refractivity contribution < 1.29 is 0 Å². The zero-order valence-corrected chi connectivity index (χ0v) is 25.2. The van der Waals surface area contributed by atoms with E-state index in [-0.39, 0.29) is 11.0 Å². The molecule has 5 aromatic carbocycles. The number of nitrogens with zero attached hydrogens (tertiary/aromatic N) is 3. The summed E-state index contributed by atoms with van der Waals surface area (Å²) < 4.78 is 2.71. The highest BCUT2D eigenvalue weighted by Crippen LogP contribution is 2.68. The molecule has 0 amide bonds. The highest BCUT2D eigenvalue weighted by atomic mass is 15.1. The Labute approximate surface area is 264 Å². The lowest BCUT2D eigenvalue weighted by Gasteiger charge is -2.63. The third-order valence-electron chi connectivity index (χ3n) is 11.3. The highest BCUT2D eigenvalue weighted by molar-refractivity contribution is 6.08. The second-order valence-corrected chi connectivity index (χ2v) is 13.8. The zero-order valence-electron chi connectivity index (χ0n) is 25.2. The molecule has 1 aromatic heterocycles. The molecule has 45 heavy (non-hydrogen) atoms. The number of hydrogen-bond acceptors (Lipinski definition) is 0. The third kappa shape index (κ3) is 3.74. The Bertz CT molecular complexity index is 2070. The van der Waals surface area contributed by atoms with Crippen LogP contribution in [0.25, 0.3) is 53.7 Å². The van der Waals surface area contributed by atoms with E-state index in [1.54, 1.807) is 0 Å². The number of aromatic nitrogens is 1. The van der Waals surface area contributed by atoms with E-state index in [0.29, 0.717) is 23.2 Å². The largest absolute Gasteiger partial charge is 0.334 e. The molecule has 216 valence electrons. The summed E-state index contributed by atoms with van der Waals surface area (Å²) in [5.41, 5.74) is 8.72. The van der Waals surface area contributed by atoms with Crippen molar-refractivity contribution in [3.63, 3.8) is 0 Å². The van der Waals surface area contributed by atoms with Crippen molar-refractivity contribution in [3.05, 3.63) is 144 Å². The van der Waals surface area contributed by atoms with E-state index >= 15 is 0 Å². The number of hydrogen-bond donors (Lipinski definition) is 0. The van der Waals surface area contributed by atoms with E-state index in [0.717, 1.165) is 47.1 Å². The fourth-order valence-electron chi connectivity index (χ4n) is 10.3. The van der Waals surface area contributed by atoms with Gasteiger partial charge in [-0.1, -0.05) is 103 Å². The molecule has 0 N–H and O–H groups in total. The van der Waals surface area contributed by atoms with Gasteiger partial charge in [0.05, 0.1) is 13.1 Å². The molecule has 4 fully saturated rings. The average molecular weight is 580 g/mol. The van der Waals surface area contributed by atoms with Crippen molar-refractivity contribution in [2.24, 2.45) is 11.8 Å². The van der Waals surface area contributed by atoms with Gasteiger partial charge < -0.3 is 4.57 Å². The fourth-order valence-corrected chi connectivity index (χ4v) is 10.3. The van der Waals surface area contributed by atoms with Gasteiger partial charge in [-0.15, -0.1) is 0 Å². The number of fused-ring (bicyclic) bond motifs is 3. The molecule has 3 nitrogen and oxygen atoms in total. The molecule has 1 heterocycles. The Hall–Kier alpha value is -5.12.